The molecule has 1 saturated heterocycles. The van der Waals surface area contributed by atoms with Gasteiger partial charge in [-0.05, 0) is 37.9 Å². The van der Waals surface area contributed by atoms with E-state index in [9.17, 15) is 5.11 Å². The highest BCUT2D eigenvalue weighted by molar-refractivity contribution is 5.42. The second kappa shape index (κ2) is 6.16. The lowest BCUT2D eigenvalue weighted by Gasteiger charge is -2.24. The highest BCUT2D eigenvalue weighted by atomic mass is 16.3. The van der Waals surface area contributed by atoms with Crippen molar-refractivity contribution in [1.29, 1.82) is 0 Å². The number of nitrogens with one attached hydrogen (secondary N) is 1. The van der Waals surface area contributed by atoms with Crippen molar-refractivity contribution < 1.29 is 5.11 Å². The van der Waals surface area contributed by atoms with E-state index in [1.54, 1.807) is 0 Å². The quantitative estimate of drug-likeness (QED) is 0.834. The van der Waals surface area contributed by atoms with Gasteiger partial charge in [-0.3, -0.25) is 0 Å². The van der Waals surface area contributed by atoms with Crippen LogP contribution in [0.25, 0.3) is 0 Å². The molecule has 2 atom stereocenters. The molecule has 0 spiro atoms. The average molecular weight is 249 g/mol. The zero-order valence-electron chi connectivity index (χ0n) is 11.3. The molecule has 4 nitrogen and oxygen atoms in total. The number of hydrogen-bond donors (Lipinski definition) is 2. The maximum atomic E-state index is 9.33. The summed E-state index contributed by atoms with van der Waals surface area (Å²) >= 11 is 0. The number of aliphatic hydroxyl groups is 1. The first kappa shape index (κ1) is 13.3. The van der Waals surface area contributed by atoms with E-state index in [1.807, 2.05) is 6.20 Å². The van der Waals surface area contributed by atoms with Crippen LogP contribution in [0.2, 0.25) is 0 Å². The molecule has 2 unspecified atom stereocenters. The Balaban J connectivity index is 2.07. The summed E-state index contributed by atoms with van der Waals surface area (Å²) in [6.45, 7) is 6.43. The molecule has 0 saturated carbocycles. The van der Waals surface area contributed by atoms with E-state index < -0.39 is 0 Å². The molecule has 1 aliphatic rings. The van der Waals surface area contributed by atoms with Gasteiger partial charge in [-0.1, -0.05) is 13.0 Å². The van der Waals surface area contributed by atoms with E-state index in [-0.39, 0.29) is 12.6 Å². The molecule has 100 valence electrons. The molecular formula is C14H23N3O. The Morgan fingerprint density at radius 1 is 1.56 bits per heavy atom. The lowest BCUT2D eigenvalue weighted by molar-refractivity contribution is 0.266. The van der Waals surface area contributed by atoms with Crippen LogP contribution in [0.3, 0.4) is 0 Å². The normalized spacial score (nSPS) is 21.3. The van der Waals surface area contributed by atoms with Gasteiger partial charge in [0.1, 0.15) is 5.82 Å². The van der Waals surface area contributed by atoms with Gasteiger partial charge in [0.05, 0.1) is 12.6 Å². The van der Waals surface area contributed by atoms with Crippen LogP contribution in [-0.2, 0) is 0 Å². The van der Waals surface area contributed by atoms with Crippen LogP contribution in [0.5, 0.6) is 0 Å². The molecule has 1 aromatic heterocycles. The molecule has 1 aliphatic heterocycles. The van der Waals surface area contributed by atoms with Crippen molar-refractivity contribution in [2.24, 2.45) is 0 Å². The van der Waals surface area contributed by atoms with Gasteiger partial charge < -0.3 is 15.3 Å². The molecule has 2 rings (SSSR count). The Labute approximate surface area is 109 Å². The van der Waals surface area contributed by atoms with Gasteiger partial charge in [0.2, 0.25) is 0 Å². The van der Waals surface area contributed by atoms with Gasteiger partial charge in [0.15, 0.2) is 0 Å². The molecule has 2 heterocycles. The largest absolute Gasteiger partial charge is 0.394 e. The van der Waals surface area contributed by atoms with Gasteiger partial charge >= 0.3 is 0 Å². The van der Waals surface area contributed by atoms with Gasteiger partial charge in [0.25, 0.3) is 0 Å². The lowest BCUT2D eigenvalue weighted by atomic mass is 10.1. The number of nitrogens with zero attached hydrogens (tertiary/aromatic N) is 2. The molecule has 0 bridgehead atoms. The van der Waals surface area contributed by atoms with Crippen LogP contribution in [0, 0.1) is 0 Å². The number of pyridine rings is 1. The summed E-state index contributed by atoms with van der Waals surface area (Å²) in [5.41, 5.74) is 1.21. The second-order valence-electron chi connectivity index (χ2n) is 4.90. The number of hydrogen-bond acceptors (Lipinski definition) is 4. The fraction of sp³-hybridized carbons (Fsp3) is 0.643. The standard InChI is InChI=1S/C14H23N3O/c1-3-15-11(2)12-6-7-14(16-9-12)17-8-4-5-13(17)10-18/h6-7,9,11,13,15,18H,3-5,8,10H2,1-2H3. The minimum absolute atomic E-state index is 0.219. The lowest BCUT2D eigenvalue weighted by Crippen LogP contribution is -2.32. The number of anilines is 1. The summed E-state index contributed by atoms with van der Waals surface area (Å²) in [5, 5.41) is 12.7. The highest BCUT2D eigenvalue weighted by Crippen LogP contribution is 2.24. The minimum atomic E-state index is 0.219. The summed E-state index contributed by atoms with van der Waals surface area (Å²) < 4.78 is 0. The van der Waals surface area contributed by atoms with Crippen LogP contribution in [0.15, 0.2) is 18.3 Å². The first-order valence-electron chi connectivity index (χ1n) is 6.83. The predicted molar refractivity (Wildman–Crippen MR) is 73.8 cm³/mol. The summed E-state index contributed by atoms with van der Waals surface area (Å²) in [5.74, 6) is 0.985. The predicted octanol–water partition coefficient (Wildman–Crippen LogP) is 1.71. The molecule has 0 aliphatic carbocycles. The second-order valence-corrected chi connectivity index (χ2v) is 4.90. The smallest absolute Gasteiger partial charge is 0.128 e. The average Bonchev–Trinajstić information content (AvgIpc) is 2.87. The fourth-order valence-corrected chi connectivity index (χ4v) is 2.57. The third-order valence-corrected chi connectivity index (χ3v) is 3.66. The monoisotopic (exact) mass is 249 g/mol. The third kappa shape index (κ3) is 2.82. The van der Waals surface area contributed by atoms with Gasteiger partial charge in [0, 0.05) is 18.8 Å². The highest BCUT2D eigenvalue weighted by Gasteiger charge is 2.24. The maximum Gasteiger partial charge on any atom is 0.128 e. The Morgan fingerprint density at radius 2 is 2.39 bits per heavy atom. The Morgan fingerprint density at radius 3 is 3.00 bits per heavy atom. The van der Waals surface area contributed by atoms with E-state index in [1.165, 1.54) is 5.56 Å². The van der Waals surface area contributed by atoms with E-state index in [0.717, 1.165) is 31.7 Å². The van der Waals surface area contributed by atoms with Crippen molar-refractivity contribution in [3.8, 4) is 0 Å². The van der Waals surface area contributed by atoms with E-state index in [4.69, 9.17) is 0 Å². The molecule has 18 heavy (non-hydrogen) atoms. The summed E-state index contributed by atoms with van der Waals surface area (Å²) in [7, 11) is 0. The summed E-state index contributed by atoms with van der Waals surface area (Å²) in [4.78, 5) is 6.75. The van der Waals surface area contributed by atoms with Crippen LogP contribution in [-0.4, -0.2) is 35.8 Å². The number of aliphatic hydroxyl groups excluding tert-OH is 1. The van der Waals surface area contributed by atoms with Crippen molar-refractivity contribution in [3.63, 3.8) is 0 Å². The van der Waals surface area contributed by atoms with Gasteiger partial charge in [-0.2, -0.15) is 0 Å². The van der Waals surface area contributed by atoms with Crippen LogP contribution < -0.4 is 10.2 Å². The molecule has 0 radical (unpaired) electrons. The number of aromatic nitrogens is 1. The van der Waals surface area contributed by atoms with Crippen molar-refractivity contribution in [1.82, 2.24) is 10.3 Å². The molecular weight excluding hydrogens is 226 g/mol. The van der Waals surface area contributed by atoms with Crippen LogP contribution >= 0.6 is 0 Å². The zero-order valence-corrected chi connectivity index (χ0v) is 11.3. The molecule has 0 amide bonds. The van der Waals surface area contributed by atoms with Crippen molar-refractivity contribution in [3.05, 3.63) is 23.9 Å². The molecule has 1 fully saturated rings. The fourth-order valence-electron chi connectivity index (χ4n) is 2.57. The SMILES string of the molecule is CCNC(C)c1ccc(N2CCCC2CO)nc1. The van der Waals surface area contributed by atoms with Crippen LogP contribution in [0.4, 0.5) is 5.82 Å². The minimum Gasteiger partial charge on any atom is -0.394 e. The Hall–Kier alpha value is -1.13. The van der Waals surface area contributed by atoms with E-state index in [2.05, 4.69) is 41.2 Å². The maximum absolute atomic E-state index is 9.33. The first-order valence-corrected chi connectivity index (χ1v) is 6.83. The van der Waals surface area contributed by atoms with Gasteiger partial charge in [-0.15, -0.1) is 0 Å². The molecule has 4 heteroatoms. The molecule has 0 aromatic carbocycles. The van der Waals surface area contributed by atoms with Crippen molar-refractivity contribution in [2.75, 3.05) is 24.6 Å². The van der Waals surface area contributed by atoms with Gasteiger partial charge in [-0.25, -0.2) is 4.98 Å². The van der Waals surface area contributed by atoms with E-state index >= 15 is 0 Å². The Bertz CT molecular complexity index is 366. The zero-order chi connectivity index (χ0) is 13.0. The first-order chi connectivity index (χ1) is 8.76. The van der Waals surface area contributed by atoms with Crippen molar-refractivity contribution in [2.45, 2.75) is 38.8 Å². The topological polar surface area (TPSA) is 48.4 Å². The molecule has 1 aromatic rings. The summed E-state index contributed by atoms with van der Waals surface area (Å²) in [6, 6.07) is 4.78. The third-order valence-electron chi connectivity index (χ3n) is 3.66. The summed E-state index contributed by atoms with van der Waals surface area (Å²) in [6.07, 6.45) is 4.14. The van der Waals surface area contributed by atoms with E-state index in [0.29, 0.717) is 6.04 Å². The van der Waals surface area contributed by atoms with Crippen LogP contribution in [0.1, 0.15) is 38.3 Å². The van der Waals surface area contributed by atoms with Crippen molar-refractivity contribution >= 4 is 5.82 Å². The Kier molecular flexibility index (Phi) is 4.55. The molecule has 2 N–H and O–H groups in total. The number of rotatable bonds is 5.